The van der Waals surface area contributed by atoms with E-state index < -0.39 is 67.0 Å². The Morgan fingerprint density at radius 2 is 1.56 bits per heavy atom. The van der Waals surface area contributed by atoms with Gasteiger partial charge in [0.1, 0.15) is 24.7 Å². The Morgan fingerprint density at radius 3 is 2.00 bits per heavy atom. The van der Waals surface area contributed by atoms with E-state index in [-0.39, 0.29) is 12.8 Å². The molecule has 0 aliphatic carbocycles. The average Bonchev–Trinajstić information content (AvgIpc) is 2.59. The van der Waals surface area contributed by atoms with Gasteiger partial charge in [-0.15, -0.1) is 0 Å². The van der Waals surface area contributed by atoms with E-state index in [1.165, 1.54) is 6.92 Å². The van der Waals surface area contributed by atoms with E-state index in [0.717, 1.165) is 0 Å². The normalized spacial score (nSPS) is 15.0. The van der Waals surface area contributed by atoms with Crippen molar-refractivity contribution in [1.82, 2.24) is 16.0 Å². The van der Waals surface area contributed by atoms with Crippen LogP contribution in [0.25, 0.3) is 0 Å². The second-order valence-corrected chi connectivity index (χ2v) is 5.69. The molecule has 0 heterocycles. The van der Waals surface area contributed by atoms with Crippen LogP contribution in [0.5, 0.6) is 0 Å². The fourth-order valence-electron chi connectivity index (χ4n) is 1.79. The van der Waals surface area contributed by atoms with Gasteiger partial charge in [0.05, 0.1) is 12.7 Å². The number of carboxylic acid groups (broad SMARTS) is 1. The zero-order chi connectivity index (χ0) is 21.1. The number of nitrogens with two attached hydrogens (primary N) is 2. The molecule has 13 heteroatoms. The van der Waals surface area contributed by atoms with Crippen molar-refractivity contribution in [3.05, 3.63) is 0 Å². The molecule has 13 nitrogen and oxygen atoms in total. The van der Waals surface area contributed by atoms with E-state index in [1.807, 2.05) is 5.32 Å². The van der Waals surface area contributed by atoms with Crippen molar-refractivity contribution in [2.45, 2.75) is 44.0 Å². The average molecular weight is 391 g/mol. The summed E-state index contributed by atoms with van der Waals surface area (Å²) in [7, 11) is 0. The molecular formula is C14H25N5O8. The predicted molar refractivity (Wildman–Crippen MR) is 89.7 cm³/mol. The van der Waals surface area contributed by atoms with Crippen molar-refractivity contribution in [2.75, 3.05) is 13.2 Å². The number of aliphatic hydroxyl groups is 2. The third kappa shape index (κ3) is 9.48. The number of carboxylic acids is 1. The highest BCUT2D eigenvalue weighted by Crippen LogP contribution is 2.01. The quantitative estimate of drug-likeness (QED) is 0.159. The van der Waals surface area contributed by atoms with Crippen LogP contribution < -0.4 is 27.4 Å². The van der Waals surface area contributed by atoms with Gasteiger partial charge in [-0.2, -0.15) is 0 Å². The van der Waals surface area contributed by atoms with Crippen molar-refractivity contribution in [3.8, 4) is 0 Å². The summed E-state index contributed by atoms with van der Waals surface area (Å²) in [5, 5.41) is 33.4. The Balaban J connectivity index is 5.08. The van der Waals surface area contributed by atoms with Gasteiger partial charge >= 0.3 is 5.97 Å². The number of amides is 4. The molecule has 154 valence electrons. The molecule has 0 aromatic heterocycles. The number of carbonyl (C=O) groups excluding carboxylic acids is 4. The third-order valence-electron chi connectivity index (χ3n) is 3.36. The summed E-state index contributed by atoms with van der Waals surface area (Å²) in [6, 6.07) is -4.17. The van der Waals surface area contributed by atoms with Crippen LogP contribution in [-0.2, 0) is 24.0 Å². The molecule has 4 unspecified atom stereocenters. The minimum absolute atomic E-state index is 0.228. The molecule has 0 fully saturated rings. The smallest absolute Gasteiger partial charge is 0.322 e. The first-order chi connectivity index (χ1) is 12.5. The maximum absolute atomic E-state index is 12.3. The van der Waals surface area contributed by atoms with E-state index in [2.05, 4.69) is 10.6 Å². The number of hydrogen-bond acceptors (Lipinski definition) is 8. The fraction of sp³-hybridized carbons (Fsp3) is 0.643. The Morgan fingerprint density at radius 1 is 1.00 bits per heavy atom. The lowest BCUT2D eigenvalue weighted by Gasteiger charge is -2.23. The monoisotopic (exact) mass is 391 g/mol. The molecule has 4 atom stereocenters. The Hall–Kier alpha value is -2.77. The van der Waals surface area contributed by atoms with E-state index in [0.29, 0.717) is 0 Å². The van der Waals surface area contributed by atoms with Gasteiger partial charge in [0.15, 0.2) is 0 Å². The van der Waals surface area contributed by atoms with Crippen molar-refractivity contribution in [2.24, 2.45) is 11.5 Å². The number of aliphatic hydroxyl groups excluding tert-OH is 2. The highest BCUT2D eigenvalue weighted by atomic mass is 16.4. The lowest BCUT2D eigenvalue weighted by molar-refractivity contribution is -0.139. The summed E-state index contributed by atoms with van der Waals surface area (Å²) >= 11 is 0. The standard InChI is InChI=1S/C14H25N5O8/c1-6(21)11(16)14(27)18-7(2-3-9(15)22)13(26)19-8(5-20)12(25)17-4-10(23)24/h6-8,11,20-21H,2-5,16H2,1H3,(H2,15,22)(H,17,25)(H,18,27)(H,19,26)(H,23,24). The molecule has 0 saturated heterocycles. The summed E-state index contributed by atoms with van der Waals surface area (Å²) in [6.07, 6.45) is -1.72. The maximum atomic E-state index is 12.3. The largest absolute Gasteiger partial charge is 0.480 e. The van der Waals surface area contributed by atoms with Crippen molar-refractivity contribution in [3.63, 3.8) is 0 Å². The van der Waals surface area contributed by atoms with Gasteiger partial charge in [0, 0.05) is 6.42 Å². The van der Waals surface area contributed by atoms with Gasteiger partial charge in [0.25, 0.3) is 0 Å². The number of nitrogens with one attached hydrogen (secondary N) is 3. The summed E-state index contributed by atoms with van der Waals surface area (Å²) in [4.78, 5) is 57.4. The van der Waals surface area contributed by atoms with Gasteiger partial charge in [0.2, 0.25) is 23.6 Å². The summed E-state index contributed by atoms with van der Waals surface area (Å²) in [6.45, 7) is -0.311. The second-order valence-electron chi connectivity index (χ2n) is 5.69. The number of carbonyl (C=O) groups is 5. The molecule has 10 N–H and O–H groups in total. The Bertz CT molecular complexity index is 568. The first-order valence-corrected chi connectivity index (χ1v) is 7.92. The maximum Gasteiger partial charge on any atom is 0.322 e. The number of aliphatic carboxylic acids is 1. The minimum Gasteiger partial charge on any atom is -0.480 e. The fourth-order valence-corrected chi connectivity index (χ4v) is 1.79. The molecule has 0 aliphatic rings. The zero-order valence-electron chi connectivity index (χ0n) is 14.7. The molecule has 0 aromatic carbocycles. The molecule has 4 amide bonds. The van der Waals surface area contributed by atoms with Crippen LogP contribution in [0.4, 0.5) is 0 Å². The summed E-state index contributed by atoms with van der Waals surface area (Å²) in [5.41, 5.74) is 10.5. The van der Waals surface area contributed by atoms with Crippen LogP contribution in [-0.4, -0.2) is 82.3 Å². The van der Waals surface area contributed by atoms with Gasteiger partial charge < -0.3 is 42.7 Å². The summed E-state index contributed by atoms with van der Waals surface area (Å²) in [5.74, 6) is -4.86. The predicted octanol–water partition coefficient (Wildman–Crippen LogP) is -4.88. The molecule has 0 aromatic rings. The van der Waals surface area contributed by atoms with E-state index in [9.17, 15) is 34.2 Å². The SMILES string of the molecule is CC(O)C(N)C(=O)NC(CCC(N)=O)C(=O)NC(CO)C(=O)NCC(=O)O. The van der Waals surface area contributed by atoms with Crippen molar-refractivity contribution >= 4 is 29.6 Å². The molecule has 0 spiro atoms. The van der Waals surface area contributed by atoms with Gasteiger partial charge in [-0.05, 0) is 13.3 Å². The minimum atomic E-state index is -1.49. The van der Waals surface area contributed by atoms with Gasteiger partial charge in [-0.3, -0.25) is 24.0 Å². The van der Waals surface area contributed by atoms with Crippen molar-refractivity contribution in [1.29, 1.82) is 0 Å². The van der Waals surface area contributed by atoms with E-state index in [1.54, 1.807) is 0 Å². The van der Waals surface area contributed by atoms with E-state index in [4.69, 9.17) is 16.6 Å². The Labute approximate surface area is 154 Å². The van der Waals surface area contributed by atoms with E-state index >= 15 is 0 Å². The van der Waals surface area contributed by atoms with Crippen LogP contribution >= 0.6 is 0 Å². The highest BCUT2D eigenvalue weighted by molar-refractivity contribution is 5.94. The zero-order valence-corrected chi connectivity index (χ0v) is 14.7. The number of rotatable bonds is 12. The van der Waals surface area contributed by atoms with Crippen LogP contribution in [0, 0.1) is 0 Å². The topological polar surface area (TPSA) is 234 Å². The molecule has 0 bridgehead atoms. The molecular weight excluding hydrogens is 366 g/mol. The summed E-state index contributed by atoms with van der Waals surface area (Å²) < 4.78 is 0. The highest BCUT2D eigenvalue weighted by Gasteiger charge is 2.29. The Kier molecular flexibility index (Phi) is 10.6. The van der Waals surface area contributed by atoms with Crippen LogP contribution in [0.1, 0.15) is 19.8 Å². The first kappa shape index (κ1) is 24.2. The number of primary amides is 1. The third-order valence-corrected chi connectivity index (χ3v) is 3.36. The molecule has 27 heavy (non-hydrogen) atoms. The van der Waals surface area contributed by atoms with Gasteiger partial charge in [-0.25, -0.2) is 0 Å². The lowest BCUT2D eigenvalue weighted by Crippen LogP contribution is -2.58. The van der Waals surface area contributed by atoms with Crippen molar-refractivity contribution < 1.29 is 39.3 Å². The first-order valence-electron chi connectivity index (χ1n) is 7.92. The van der Waals surface area contributed by atoms with Gasteiger partial charge in [-0.1, -0.05) is 0 Å². The lowest BCUT2D eigenvalue weighted by atomic mass is 10.1. The molecule has 0 rings (SSSR count). The molecule has 0 aliphatic heterocycles. The van der Waals surface area contributed by atoms with Crippen LogP contribution in [0.2, 0.25) is 0 Å². The van der Waals surface area contributed by atoms with Crippen LogP contribution in [0.3, 0.4) is 0 Å². The molecule has 0 saturated carbocycles. The second kappa shape index (κ2) is 11.8. The van der Waals surface area contributed by atoms with Crippen LogP contribution in [0.15, 0.2) is 0 Å². The number of hydrogen-bond donors (Lipinski definition) is 8. The molecule has 0 radical (unpaired) electrons.